The molecular weight excluding hydrogens is 381 g/mol. The topological polar surface area (TPSA) is 42.4 Å². The van der Waals surface area contributed by atoms with Gasteiger partial charge in [0, 0.05) is 36.3 Å². The molecule has 1 aliphatic heterocycles. The maximum Gasteiger partial charge on any atom is 0.416 e. The van der Waals surface area contributed by atoms with Crippen LogP contribution < -0.4 is 4.74 Å². The van der Waals surface area contributed by atoms with Gasteiger partial charge in [-0.25, -0.2) is 4.98 Å². The average Bonchev–Trinajstić information content (AvgIpc) is 3.09. The number of halogens is 4. The third-order valence-electron chi connectivity index (χ3n) is 4.12. The van der Waals surface area contributed by atoms with Crippen LogP contribution in [0.5, 0.6) is 5.88 Å². The maximum absolute atomic E-state index is 12.7. The maximum atomic E-state index is 12.7. The molecule has 3 rings (SSSR count). The number of nitrogens with zero attached hydrogens (tertiary/aromatic N) is 2. The predicted molar refractivity (Wildman–Crippen MR) is 95.3 cm³/mol. The number of pyridine rings is 1. The van der Waals surface area contributed by atoms with Crippen LogP contribution in [0.1, 0.15) is 17.5 Å². The Morgan fingerprint density at radius 1 is 1.30 bits per heavy atom. The summed E-state index contributed by atoms with van der Waals surface area (Å²) >= 11 is 6.04. The molecular formula is C19H16ClF3N2O2. The van der Waals surface area contributed by atoms with Crippen LogP contribution in [0.4, 0.5) is 13.2 Å². The van der Waals surface area contributed by atoms with Gasteiger partial charge >= 0.3 is 6.18 Å². The summed E-state index contributed by atoms with van der Waals surface area (Å²) in [5.74, 6) is -0.311. The first-order chi connectivity index (χ1) is 12.8. The van der Waals surface area contributed by atoms with Crippen LogP contribution in [0.25, 0.3) is 6.08 Å². The van der Waals surface area contributed by atoms with Gasteiger partial charge in [0.1, 0.15) is 6.10 Å². The molecule has 2 heterocycles. The van der Waals surface area contributed by atoms with Crippen LogP contribution in [0.2, 0.25) is 5.02 Å². The Bertz CT molecular complexity index is 855. The molecule has 0 unspecified atom stereocenters. The first-order valence-corrected chi connectivity index (χ1v) is 8.62. The highest BCUT2D eigenvalue weighted by atomic mass is 35.5. The van der Waals surface area contributed by atoms with E-state index in [0.717, 1.165) is 23.9 Å². The molecule has 27 heavy (non-hydrogen) atoms. The van der Waals surface area contributed by atoms with Crippen LogP contribution in [0, 0.1) is 0 Å². The largest absolute Gasteiger partial charge is 0.472 e. The molecule has 0 aliphatic carbocycles. The molecule has 0 N–H and O–H groups in total. The van der Waals surface area contributed by atoms with E-state index in [4.69, 9.17) is 16.3 Å². The van der Waals surface area contributed by atoms with E-state index in [2.05, 4.69) is 4.98 Å². The number of hydrogen-bond acceptors (Lipinski definition) is 3. The van der Waals surface area contributed by atoms with Crippen molar-refractivity contribution in [3.63, 3.8) is 0 Å². The van der Waals surface area contributed by atoms with Gasteiger partial charge in [0.15, 0.2) is 0 Å². The number of alkyl halides is 3. The van der Waals surface area contributed by atoms with E-state index in [-0.39, 0.29) is 18.3 Å². The summed E-state index contributed by atoms with van der Waals surface area (Å²) in [4.78, 5) is 17.7. The Morgan fingerprint density at radius 3 is 2.81 bits per heavy atom. The van der Waals surface area contributed by atoms with Crippen LogP contribution in [-0.4, -0.2) is 35.0 Å². The molecule has 1 amide bonds. The van der Waals surface area contributed by atoms with Crippen molar-refractivity contribution in [3.8, 4) is 5.88 Å². The lowest BCUT2D eigenvalue weighted by Gasteiger charge is -2.16. The van der Waals surface area contributed by atoms with E-state index >= 15 is 0 Å². The number of amides is 1. The second-order valence-corrected chi connectivity index (χ2v) is 6.46. The minimum atomic E-state index is -4.46. The summed E-state index contributed by atoms with van der Waals surface area (Å²) in [6.07, 6.45) is -0.230. The zero-order valence-corrected chi connectivity index (χ0v) is 14.9. The van der Waals surface area contributed by atoms with Crippen LogP contribution >= 0.6 is 11.6 Å². The fourth-order valence-corrected chi connectivity index (χ4v) is 2.92. The van der Waals surface area contributed by atoms with E-state index < -0.39 is 17.8 Å². The first kappa shape index (κ1) is 19.2. The van der Waals surface area contributed by atoms with E-state index in [1.807, 2.05) is 6.07 Å². The molecule has 4 nitrogen and oxygen atoms in total. The molecule has 1 aromatic heterocycles. The molecule has 1 saturated heterocycles. The van der Waals surface area contributed by atoms with Crippen molar-refractivity contribution in [3.05, 3.63) is 64.8 Å². The Hall–Kier alpha value is -2.54. The number of carbonyl (C=O) groups is 1. The van der Waals surface area contributed by atoms with Crippen molar-refractivity contribution in [1.82, 2.24) is 9.88 Å². The Morgan fingerprint density at radius 2 is 2.07 bits per heavy atom. The van der Waals surface area contributed by atoms with E-state index in [1.165, 1.54) is 6.08 Å². The minimum Gasteiger partial charge on any atom is -0.472 e. The van der Waals surface area contributed by atoms with Gasteiger partial charge in [-0.05, 0) is 23.8 Å². The van der Waals surface area contributed by atoms with Gasteiger partial charge < -0.3 is 9.64 Å². The van der Waals surface area contributed by atoms with Crippen LogP contribution in [-0.2, 0) is 11.0 Å². The molecule has 1 atom stereocenters. The van der Waals surface area contributed by atoms with Gasteiger partial charge in [-0.3, -0.25) is 4.79 Å². The minimum absolute atomic E-state index is 0.101. The smallest absolute Gasteiger partial charge is 0.416 e. The van der Waals surface area contributed by atoms with Gasteiger partial charge in [0.25, 0.3) is 0 Å². The zero-order chi connectivity index (χ0) is 19.4. The van der Waals surface area contributed by atoms with Crippen molar-refractivity contribution in [2.45, 2.75) is 18.7 Å². The lowest BCUT2D eigenvalue weighted by atomic mass is 10.2. The highest BCUT2D eigenvalue weighted by Crippen LogP contribution is 2.31. The number of ether oxygens (including phenoxy) is 1. The second kappa shape index (κ2) is 8.00. The van der Waals surface area contributed by atoms with Gasteiger partial charge in [0.05, 0.1) is 12.1 Å². The number of hydrogen-bond donors (Lipinski definition) is 0. The molecule has 8 heteroatoms. The normalized spacial score (nSPS) is 17.5. The number of benzene rings is 1. The standard InChI is InChI=1S/C19H16ClF3N2O2/c20-16-4-2-1-3-13(16)5-6-18(26)25-10-8-15(12-25)27-17-11-14(7-9-24-17)19(21,22)23/h1-7,9,11,15H,8,10,12H2/b6-5+/t15-/m0/s1. The zero-order valence-electron chi connectivity index (χ0n) is 14.1. The molecule has 0 bridgehead atoms. The molecule has 1 aromatic carbocycles. The number of carbonyl (C=O) groups excluding carboxylic acids is 1. The van der Waals surface area contributed by atoms with Gasteiger partial charge in [-0.15, -0.1) is 0 Å². The van der Waals surface area contributed by atoms with Gasteiger partial charge in [-0.2, -0.15) is 13.2 Å². The first-order valence-electron chi connectivity index (χ1n) is 8.24. The highest BCUT2D eigenvalue weighted by Gasteiger charge is 2.32. The molecule has 142 valence electrons. The summed E-state index contributed by atoms with van der Waals surface area (Å²) < 4.78 is 43.8. The molecule has 0 spiro atoms. The summed E-state index contributed by atoms with van der Waals surface area (Å²) in [5.41, 5.74) is -0.0891. The SMILES string of the molecule is O=C(/C=C/c1ccccc1Cl)N1CC[C@H](Oc2cc(C(F)(F)F)ccn2)C1. The average molecular weight is 397 g/mol. The van der Waals surface area contributed by atoms with Crippen LogP contribution in [0.15, 0.2) is 48.7 Å². The van der Waals surface area contributed by atoms with Gasteiger partial charge in [-0.1, -0.05) is 29.8 Å². The third-order valence-corrected chi connectivity index (χ3v) is 4.46. The van der Waals surface area contributed by atoms with Gasteiger partial charge in [0.2, 0.25) is 11.8 Å². The predicted octanol–water partition coefficient (Wildman–Crippen LogP) is 4.45. The molecule has 1 aliphatic rings. The van der Waals surface area contributed by atoms with E-state index in [1.54, 1.807) is 29.2 Å². The highest BCUT2D eigenvalue weighted by molar-refractivity contribution is 6.32. The van der Waals surface area contributed by atoms with Crippen molar-refractivity contribution in [2.24, 2.45) is 0 Å². The molecule has 1 fully saturated rings. The molecule has 0 radical (unpaired) electrons. The molecule has 0 saturated carbocycles. The van der Waals surface area contributed by atoms with E-state index in [0.29, 0.717) is 18.0 Å². The van der Waals surface area contributed by atoms with Crippen molar-refractivity contribution in [1.29, 1.82) is 0 Å². The second-order valence-electron chi connectivity index (χ2n) is 6.05. The van der Waals surface area contributed by atoms with Crippen molar-refractivity contribution in [2.75, 3.05) is 13.1 Å². The summed E-state index contributed by atoms with van der Waals surface area (Å²) in [7, 11) is 0. The number of aromatic nitrogens is 1. The Kier molecular flexibility index (Phi) is 5.70. The number of likely N-dealkylation sites (tertiary alicyclic amines) is 1. The Balaban J connectivity index is 1.59. The fourth-order valence-electron chi connectivity index (χ4n) is 2.72. The fraction of sp³-hybridized carbons (Fsp3) is 0.263. The Labute approximate surface area is 159 Å². The quantitative estimate of drug-likeness (QED) is 0.717. The lowest BCUT2D eigenvalue weighted by Crippen LogP contribution is -2.29. The monoisotopic (exact) mass is 396 g/mol. The summed E-state index contributed by atoms with van der Waals surface area (Å²) in [5, 5.41) is 0.541. The summed E-state index contributed by atoms with van der Waals surface area (Å²) in [6, 6.07) is 8.89. The van der Waals surface area contributed by atoms with E-state index in [9.17, 15) is 18.0 Å². The van der Waals surface area contributed by atoms with Crippen molar-refractivity contribution < 1.29 is 22.7 Å². The van der Waals surface area contributed by atoms with Crippen molar-refractivity contribution >= 4 is 23.6 Å². The summed E-state index contributed by atoms with van der Waals surface area (Å²) in [6.45, 7) is 0.735. The number of rotatable bonds is 4. The lowest BCUT2D eigenvalue weighted by molar-refractivity contribution is -0.137. The molecule has 2 aromatic rings. The third kappa shape index (κ3) is 5.01. The van der Waals surface area contributed by atoms with Crippen LogP contribution in [0.3, 0.4) is 0 Å².